The molecule has 1 aromatic rings. The molecule has 18 heavy (non-hydrogen) atoms. The van der Waals surface area contributed by atoms with Crippen LogP contribution in [-0.4, -0.2) is 18.3 Å². The van der Waals surface area contributed by atoms with E-state index in [1.807, 2.05) is 6.07 Å². The average Bonchev–Trinajstić information content (AvgIpc) is 2.86. The Morgan fingerprint density at radius 3 is 2.67 bits per heavy atom. The largest absolute Gasteiger partial charge is 0.396 e. The van der Waals surface area contributed by atoms with E-state index in [4.69, 9.17) is 5.26 Å². The predicted octanol–water partition coefficient (Wildman–Crippen LogP) is 2.66. The molecule has 0 amide bonds. The molecule has 0 spiro atoms. The summed E-state index contributed by atoms with van der Waals surface area (Å²) in [5, 5.41) is 21.2. The van der Waals surface area contributed by atoms with Crippen molar-refractivity contribution in [2.75, 3.05) is 18.5 Å². The highest BCUT2D eigenvalue weighted by Crippen LogP contribution is 2.37. The third-order valence-corrected chi connectivity index (χ3v) is 3.75. The molecule has 1 aromatic carbocycles. The molecule has 1 aliphatic carbocycles. The minimum Gasteiger partial charge on any atom is -0.396 e. The van der Waals surface area contributed by atoms with Crippen LogP contribution in [0, 0.1) is 22.6 Å². The fourth-order valence-electron chi connectivity index (χ4n) is 2.53. The summed E-state index contributed by atoms with van der Waals surface area (Å²) in [5.74, 6) is -0.417. The van der Waals surface area contributed by atoms with E-state index in [9.17, 15) is 9.50 Å². The van der Waals surface area contributed by atoms with Crippen molar-refractivity contribution in [3.8, 4) is 6.07 Å². The van der Waals surface area contributed by atoms with Crippen LogP contribution in [0.3, 0.4) is 0 Å². The van der Waals surface area contributed by atoms with Crippen molar-refractivity contribution in [2.24, 2.45) is 5.41 Å². The van der Waals surface area contributed by atoms with Gasteiger partial charge in [0.15, 0.2) is 0 Å². The Balaban J connectivity index is 2.04. The molecule has 96 valence electrons. The fourth-order valence-corrected chi connectivity index (χ4v) is 2.53. The number of nitrogens with one attached hydrogen (secondary N) is 1. The van der Waals surface area contributed by atoms with Crippen LogP contribution in [0.4, 0.5) is 10.1 Å². The van der Waals surface area contributed by atoms with Crippen molar-refractivity contribution in [1.82, 2.24) is 0 Å². The van der Waals surface area contributed by atoms with Crippen molar-refractivity contribution in [3.05, 3.63) is 29.6 Å². The Morgan fingerprint density at radius 1 is 1.39 bits per heavy atom. The van der Waals surface area contributed by atoms with Gasteiger partial charge in [0.25, 0.3) is 0 Å². The van der Waals surface area contributed by atoms with Crippen molar-refractivity contribution in [1.29, 1.82) is 5.26 Å². The van der Waals surface area contributed by atoms with Gasteiger partial charge < -0.3 is 10.4 Å². The first kappa shape index (κ1) is 12.8. The third kappa shape index (κ3) is 2.62. The summed E-state index contributed by atoms with van der Waals surface area (Å²) in [7, 11) is 0. The van der Waals surface area contributed by atoms with Crippen LogP contribution in [0.15, 0.2) is 18.2 Å². The Morgan fingerprint density at radius 2 is 2.11 bits per heavy atom. The molecule has 0 heterocycles. The number of nitriles is 1. The van der Waals surface area contributed by atoms with Crippen LogP contribution < -0.4 is 5.32 Å². The van der Waals surface area contributed by atoms with Crippen LogP contribution in [0.2, 0.25) is 0 Å². The molecular weight excluding hydrogens is 231 g/mol. The number of hydrogen-bond acceptors (Lipinski definition) is 3. The topological polar surface area (TPSA) is 56.0 Å². The van der Waals surface area contributed by atoms with Crippen molar-refractivity contribution in [3.63, 3.8) is 0 Å². The Labute approximate surface area is 106 Å². The molecule has 0 saturated heterocycles. The number of halogens is 1. The van der Waals surface area contributed by atoms with E-state index in [1.54, 1.807) is 12.1 Å². The van der Waals surface area contributed by atoms with Gasteiger partial charge in [-0.2, -0.15) is 5.26 Å². The molecule has 1 fully saturated rings. The normalized spacial score (nSPS) is 17.4. The van der Waals surface area contributed by atoms with Crippen molar-refractivity contribution in [2.45, 2.75) is 25.7 Å². The first-order valence-electron chi connectivity index (χ1n) is 6.23. The second kappa shape index (κ2) is 5.36. The lowest BCUT2D eigenvalue weighted by Gasteiger charge is -2.27. The zero-order valence-electron chi connectivity index (χ0n) is 10.2. The van der Waals surface area contributed by atoms with E-state index >= 15 is 0 Å². The fraction of sp³-hybridized carbons (Fsp3) is 0.500. The van der Waals surface area contributed by atoms with Gasteiger partial charge in [-0.1, -0.05) is 12.8 Å². The molecule has 1 aliphatic rings. The maximum absolute atomic E-state index is 13.7. The lowest BCUT2D eigenvalue weighted by atomic mass is 9.87. The summed E-state index contributed by atoms with van der Waals surface area (Å²) in [4.78, 5) is 0. The van der Waals surface area contributed by atoms with Gasteiger partial charge >= 0.3 is 0 Å². The van der Waals surface area contributed by atoms with Crippen LogP contribution in [0.5, 0.6) is 0 Å². The molecule has 3 nitrogen and oxygen atoms in total. The number of benzene rings is 1. The molecule has 0 aliphatic heterocycles. The molecule has 1 saturated carbocycles. The van der Waals surface area contributed by atoms with Gasteiger partial charge in [0, 0.05) is 12.0 Å². The molecule has 2 N–H and O–H groups in total. The lowest BCUT2D eigenvalue weighted by molar-refractivity contribution is 0.142. The average molecular weight is 248 g/mol. The summed E-state index contributed by atoms with van der Waals surface area (Å²) in [6.07, 6.45) is 4.21. The van der Waals surface area contributed by atoms with Crippen LogP contribution in [0.25, 0.3) is 0 Å². The summed E-state index contributed by atoms with van der Waals surface area (Å²) in [6, 6.07) is 6.29. The summed E-state index contributed by atoms with van der Waals surface area (Å²) < 4.78 is 13.7. The maximum Gasteiger partial charge on any atom is 0.147 e. The number of aliphatic hydroxyl groups excluding tert-OH is 1. The third-order valence-electron chi connectivity index (χ3n) is 3.75. The molecule has 0 atom stereocenters. The number of aliphatic hydroxyl groups is 1. The van der Waals surface area contributed by atoms with Gasteiger partial charge in [0.1, 0.15) is 5.82 Å². The van der Waals surface area contributed by atoms with Gasteiger partial charge in [-0.15, -0.1) is 0 Å². The zero-order valence-corrected chi connectivity index (χ0v) is 10.2. The van der Waals surface area contributed by atoms with Crippen LogP contribution in [0.1, 0.15) is 31.2 Å². The van der Waals surface area contributed by atoms with E-state index in [1.165, 1.54) is 6.07 Å². The van der Waals surface area contributed by atoms with Crippen LogP contribution in [-0.2, 0) is 0 Å². The summed E-state index contributed by atoms with van der Waals surface area (Å²) >= 11 is 0. The van der Waals surface area contributed by atoms with Gasteiger partial charge in [-0.25, -0.2) is 4.39 Å². The monoisotopic (exact) mass is 248 g/mol. The highest BCUT2D eigenvalue weighted by Gasteiger charge is 2.33. The second-order valence-corrected chi connectivity index (χ2v) is 5.03. The predicted molar refractivity (Wildman–Crippen MR) is 67.6 cm³/mol. The quantitative estimate of drug-likeness (QED) is 0.861. The maximum atomic E-state index is 13.7. The molecular formula is C14H17FN2O. The highest BCUT2D eigenvalue weighted by molar-refractivity contribution is 5.48. The van der Waals surface area contributed by atoms with Crippen LogP contribution >= 0.6 is 0 Å². The number of nitrogens with zero attached hydrogens (tertiary/aromatic N) is 1. The van der Waals surface area contributed by atoms with E-state index in [0.29, 0.717) is 17.8 Å². The van der Waals surface area contributed by atoms with E-state index in [-0.39, 0.29) is 12.0 Å². The Hall–Kier alpha value is -1.60. The van der Waals surface area contributed by atoms with Gasteiger partial charge in [-0.3, -0.25) is 0 Å². The minimum absolute atomic E-state index is 0.111. The molecule has 2 rings (SSSR count). The molecule has 0 unspecified atom stereocenters. The van der Waals surface area contributed by atoms with Gasteiger partial charge in [0.2, 0.25) is 0 Å². The SMILES string of the molecule is N#Cc1ccc(NCC2(CO)CCCC2)c(F)c1. The first-order chi connectivity index (χ1) is 8.69. The number of anilines is 1. The number of rotatable bonds is 4. The zero-order chi connectivity index (χ0) is 13.0. The van der Waals surface area contributed by atoms with Crippen molar-refractivity contribution >= 4 is 5.69 Å². The molecule has 0 aromatic heterocycles. The first-order valence-corrected chi connectivity index (χ1v) is 6.23. The van der Waals surface area contributed by atoms with Gasteiger partial charge in [-0.05, 0) is 31.0 Å². The summed E-state index contributed by atoms with van der Waals surface area (Å²) in [5.41, 5.74) is 0.602. The summed E-state index contributed by atoms with van der Waals surface area (Å²) in [6.45, 7) is 0.713. The van der Waals surface area contributed by atoms with Gasteiger partial charge in [0.05, 0.1) is 23.9 Å². The Kier molecular flexibility index (Phi) is 3.83. The highest BCUT2D eigenvalue weighted by atomic mass is 19.1. The minimum atomic E-state index is -0.417. The lowest BCUT2D eigenvalue weighted by Crippen LogP contribution is -2.30. The van der Waals surface area contributed by atoms with E-state index < -0.39 is 5.82 Å². The molecule has 4 heteroatoms. The standard InChI is InChI=1S/C14H17FN2O/c15-12-7-11(8-16)3-4-13(12)17-9-14(10-18)5-1-2-6-14/h3-4,7,17-18H,1-2,5-6,9-10H2. The molecule has 0 radical (unpaired) electrons. The molecule has 0 bridgehead atoms. The van der Waals surface area contributed by atoms with Crippen molar-refractivity contribution < 1.29 is 9.50 Å². The second-order valence-electron chi connectivity index (χ2n) is 5.03. The number of hydrogen-bond donors (Lipinski definition) is 2. The van der Waals surface area contributed by atoms with E-state index in [0.717, 1.165) is 25.7 Å². The Bertz CT molecular complexity index is 461. The van der Waals surface area contributed by atoms with E-state index in [2.05, 4.69) is 5.32 Å². The smallest absolute Gasteiger partial charge is 0.147 e.